The first-order chi connectivity index (χ1) is 10.0. The molecule has 2 rings (SSSR count). The van der Waals surface area contributed by atoms with Crippen molar-refractivity contribution in [2.45, 2.75) is 19.4 Å². The molecule has 1 aromatic rings. The maximum atomic E-state index is 13.0. The van der Waals surface area contributed by atoms with Gasteiger partial charge in [-0.25, -0.2) is 4.39 Å². The third kappa shape index (κ3) is 4.17. The summed E-state index contributed by atoms with van der Waals surface area (Å²) < 4.78 is 19.2. The van der Waals surface area contributed by atoms with Gasteiger partial charge in [-0.05, 0) is 67.0 Å². The summed E-state index contributed by atoms with van der Waals surface area (Å²) in [6, 6.07) is 4.17. The summed E-state index contributed by atoms with van der Waals surface area (Å²) >= 11 is 3.24. The molecule has 0 radical (unpaired) electrons. The minimum atomic E-state index is -0.583. The van der Waals surface area contributed by atoms with E-state index >= 15 is 0 Å². The Morgan fingerprint density at radius 1 is 1.62 bits per heavy atom. The standard InChI is InChI=1S/C15H20BrFN2O2/c1-10(21-14-4-3-12(17)7-13(14)16)15(20)19-6-5-11(9-19)8-18-2/h3-4,7,10-11,18H,5-6,8-9H2,1-2H3/t10-,11+/m0/s1. The van der Waals surface area contributed by atoms with E-state index in [0.29, 0.717) is 16.1 Å². The highest BCUT2D eigenvalue weighted by molar-refractivity contribution is 9.10. The molecular weight excluding hydrogens is 339 g/mol. The van der Waals surface area contributed by atoms with Crippen molar-refractivity contribution in [1.82, 2.24) is 10.2 Å². The van der Waals surface area contributed by atoms with Crippen LogP contribution in [0.2, 0.25) is 0 Å². The molecule has 0 aliphatic carbocycles. The number of amides is 1. The number of hydrogen-bond donors (Lipinski definition) is 1. The van der Waals surface area contributed by atoms with Gasteiger partial charge in [0.25, 0.3) is 5.91 Å². The minimum absolute atomic E-state index is 0.0233. The number of carbonyl (C=O) groups excluding carboxylic acids is 1. The van der Waals surface area contributed by atoms with Crippen LogP contribution in [-0.4, -0.2) is 43.6 Å². The predicted molar refractivity (Wildman–Crippen MR) is 82.8 cm³/mol. The van der Waals surface area contributed by atoms with Gasteiger partial charge in [-0.2, -0.15) is 0 Å². The molecule has 1 heterocycles. The monoisotopic (exact) mass is 358 g/mol. The summed E-state index contributed by atoms with van der Waals surface area (Å²) in [6.07, 6.45) is 0.430. The van der Waals surface area contributed by atoms with Crippen molar-refractivity contribution in [1.29, 1.82) is 0 Å². The van der Waals surface area contributed by atoms with Gasteiger partial charge in [0.1, 0.15) is 11.6 Å². The summed E-state index contributed by atoms with van der Waals surface area (Å²) in [6.45, 7) is 4.17. The highest BCUT2D eigenvalue weighted by Crippen LogP contribution is 2.27. The van der Waals surface area contributed by atoms with E-state index in [2.05, 4.69) is 21.2 Å². The Kier molecular flexibility index (Phi) is 5.58. The van der Waals surface area contributed by atoms with E-state index in [1.807, 2.05) is 11.9 Å². The van der Waals surface area contributed by atoms with Crippen molar-refractivity contribution in [3.05, 3.63) is 28.5 Å². The van der Waals surface area contributed by atoms with Gasteiger partial charge in [0.15, 0.2) is 6.10 Å². The fourth-order valence-electron chi connectivity index (χ4n) is 2.56. The van der Waals surface area contributed by atoms with Crippen LogP contribution in [0.4, 0.5) is 4.39 Å². The Morgan fingerprint density at radius 3 is 3.05 bits per heavy atom. The van der Waals surface area contributed by atoms with Crippen LogP contribution in [0, 0.1) is 11.7 Å². The first kappa shape index (κ1) is 16.2. The Labute approximate surface area is 132 Å². The Bertz CT molecular complexity index is 512. The summed E-state index contributed by atoms with van der Waals surface area (Å²) in [5, 5.41) is 3.14. The van der Waals surface area contributed by atoms with E-state index < -0.39 is 6.10 Å². The van der Waals surface area contributed by atoms with E-state index in [0.717, 1.165) is 26.1 Å². The van der Waals surface area contributed by atoms with Crippen molar-refractivity contribution in [2.24, 2.45) is 5.92 Å². The van der Waals surface area contributed by atoms with Crippen LogP contribution < -0.4 is 10.1 Å². The van der Waals surface area contributed by atoms with Gasteiger partial charge in [-0.1, -0.05) is 0 Å². The van der Waals surface area contributed by atoms with Crippen molar-refractivity contribution in [2.75, 3.05) is 26.7 Å². The molecule has 1 aliphatic rings. The summed E-state index contributed by atoms with van der Waals surface area (Å²) in [5.74, 6) is 0.611. The fourth-order valence-corrected chi connectivity index (χ4v) is 3.00. The number of nitrogens with zero attached hydrogens (tertiary/aromatic N) is 1. The Hall–Kier alpha value is -1.14. The number of halogens is 2. The molecule has 1 saturated heterocycles. The van der Waals surface area contributed by atoms with E-state index in [9.17, 15) is 9.18 Å². The molecule has 1 amide bonds. The molecule has 0 bridgehead atoms. The normalized spacial score (nSPS) is 19.6. The lowest BCUT2D eigenvalue weighted by atomic mass is 10.1. The molecule has 0 unspecified atom stereocenters. The maximum Gasteiger partial charge on any atom is 0.263 e. The van der Waals surface area contributed by atoms with Gasteiger partial charge < -0.3 is 15.0 Å². The molecule has 0 aromatic heterocycles. The molecule has 2 atom stereocenters. The van der Waals surface area contributed by atoms with E-state index in [1.54, 1.807) is 6.92 Å². The van der Waals surface area contributed by atoms with Gasteiger partial charge >= 0.3 is 0 Å². The predicted octanol–water partition coefficient (Wildman–Crippen LogP) is 2.42. The summed E-state index contributed by atoms with van der Waals surface area (Å²) in [7, 11) is 1.92. The second-order valence-electron chi connectivity index (χ2n) is 5.33. The number of carbonyl (C=O) groups is 1. The van der Waals surface area contributed by atoms with E-state index in [1.165, 1.54) is 18.2 Å². The molecule has 1 aliphatic heterocycles. The Morgan fingerprint density at radius 2 is 2.38 bits per heavy atom. The topological polar surface area (TPSA) is 41.6 Å². The van der Waals surface area contributed by atoms with Crippen molar-refractivity contribution < 1.29 is 13.9 Å². The lowest BCUT2D eigenvalue weighted by Crippen LogP contribution is -2.39. The zero-order valence-electron chi connectivity index (χ0n) is 12.2. The molecule has 0 spiro atoms. The van der Waals surface area contributed by atoms with Crippen LogP contribution in [0.1, 0.15) is 13.3 Å². The molecular formula is C15H20BrFN2O2. The second-order valence-corrected chi connectivity index (χ2v) is 6.19. The summed E-state index contributed by atoms with van der Waals surface area (Å²) in [4.78, 5) is 14.2. The first-order valence-corrected chi connectivity index (χ1v) is 7.85. The zero-order chi connectivity index (χ0) is 15.4. The third-order valence-corrected chi connectivity index (χ3v) is 4.26. The van der Waals surface area contributed by atoms with Gasteiger partial charge in [-0.15, -0.1) is 0 Å². The number of nitrogens with one attached hydrogen (secondary N) is 1. The third-order valence-electron chi connectivity index (χ3n) is 3.64. The zero-order valence-corrected chi connectivity index (χ0v) is 13.8. The largest absolute Gasteiger partial charge is 0.480 e. The highest BCUT2D eigenvalue weighted by Gasteiger charge is 2.29. The molecule has 4 nitrogen and oxygen atoms in total. The summed E-state index contributed by atoms with van der Waals surface area (Å²) in [5.41, 5.74) is 0. The average molecular weight is 359 g/mol. The number of ether oxygens (including phenoxy) is 1. The van der Waals surface area contributed by atoms with Crippen LogP contribution in [0.15, 0.2) is 22.7 Å². The number of likely N-dealkylation sites (tertiary alicyclic amines) is 1. The first-order valence-electron chi connectivity index (χ1n) is 7.06. The number of hydrogen-bond acceptors (Lipinski definition) is 3. The maximum absolute atomic E-state index is 13.0. The molecule has 1 N–H and O–H groups in total. The van der Waals surface area contributed by atoms with Crippen molar-refractivity contribution in [3.63, 3.8) is 0 Å². The smallest absolute Gasteiger partial charge is 0.263 e. The Balaban J connectivity index is 1.94. The van der Waals surface area contributed by atoms with Crippen molar-refractivity contribution >= 4 is 21.8 Å². The fraction of sp³-hybridized carbons (Fsp3) is 0.533. The van der Waals surface area contributed by atoms with Crippen LogP contribution >= 0.6 is 15.9 Å². The van der Waals surface area contributed by atoms with Crippen LogP contribution in [0.3, 0.4) is 0 Å². The molecule has 21 heavy (non-hydrogen) atoms. The molecule has 116 valence electrons. The minimum Gasteiger partial charge on any atom is -0.480 e. The van der Waals surface area contributed by atoms with E-state index in [-0.39, 0.29) is 11.7 Å². The van der Waals surface area contributed by atoms with Gasteiger partial charge in [-0.3, -0.25) is 4.79 Å². The van der Waals surface area contributed by atoms with Gasteiger partial charge in [0.2, 0.25) is 0 Å². The molecule has 1 fully saturated rings. The van der Waals surface area contributed by atoms with E-state index in [4.69, 9.17) is 4.74 Å². The highest BCUT2D eigenvalue weighted by atomic mass is 79.9. The average Bonchev–Trinajstić information content (AvgIpc) is 2.90. The number of benzene rings is 1. The molecule has 1 aromatic carbocycles. The van der Waals surface area contributed by atoms with Gasteiger partial charge in [0, 0.05) is 13.1 Å². The van der Waals surface area contributed by atoms with Crippen LogP contribution in [0.25, 0.3) is 0 Å². The lowest BCUT2D eigenvalue weighted by Gasteiger charge is -2.22. The van der Waals surface area contributed by atoms with Crippen LogP contribution in [-0.2, 0) is 4.79 Å². The van der Waals surface area contributed by atoms with Crippen molar-refractivity contribution in [3.8, 4) is 5.75 Å². The number of rotatable bonds is 5. The lowest BCUT2D eigenvalue weighted by molar-refractivity contribution is -0.137. The van der Waals surface area contributed by atoms with Crippen LogP contribution in [0.5, 0.6) is 5.75 Å². The van der Waals surface area contributed by atoms with Gasteiger partial charge in [0.05, 0.1) is 4.47 Å². The molecule has 6 heteroatoms. The molecule has 0 saturated carbocycles. The SMILES string of the molecule is CNC[C@H]1CCN(C(=O)[C@H](C)Oc2ccc(F)cc2Br)C1. The quantitative estimate of drug-likeness (QED) is 0.878. The second kappa shape index (κ2) is 7.22.